The highest BCUT2D eigenvalue weighted by Crippen LogP contribution is 2.20. The summed E-state index contributed by atoms with van der Waals surface area (Å²) in [5, 5.41) is 0. The lowest BCUT2D eigenvalue weighted by molar-refractivity contribution is -0.131. The van der Waals surface area contributed by atoms with Crippen LogP contribution in [0.5, 0.6) is 0 Å². The second kappa shape index (κ2) is 19.4. The van der Waals surface area contributed by atoms with Crippen LogP contribution in [-0.2, 0) is 9.18 Å². The highest BCUT2D eigenvalue weighted by molar-refractivity contribution is 6.15. The van der Waals surface area contributed by atoms with Gasteiger partial charge in [-0.15, -0.1) is 23.2 Å². The molecule has 0 aliphatic heterocycles. The van der Waals surface area contributed by atoms with Gasteiger partial charge >= 0.3 is 0 Å². The van der Waals surface area contributed by atoms with Crippen LogP contribution in [0.3, 0.4) is 0 Å². The van der Waals surface area contributed by atoms with Crippen molar-refractivity contribution in [3.63, 3.8) is 0 Å². The maximum Gasteiger partial charge on any atom is 0.157 e. The number of carbonyl (C=O) groups excluding carboxylic acids is 1. The third-order valence-corrected chi connectivity index (χ3v) is 2.04. The molecule has 0 spiro atoms. The van der Waals surface area contributed by atoms with Crippen molar-refractivity contribution in [2.75, 3.05) is 19.9 Å². The summed E-state index contributed by atoms with van der Waals surface area (Å²) in [6.07, 6.45) is 3.67. The summed E-state index contributed by atoms with van der Waals surface area (Å²) in [6.45, 7) is 9.77. The first-order valence-electron chi connectivity index (χ1n) is 6.59. The van der Waals surface area contributed by atoms with E-state index in [0.29, 0.717) is 5.92 Å². The largest absolute Gasteiger partial charge is 0.297 e. The molecule has 7 heteroatoms. The predicted octanol–water partition coefficient (Wildman–Crippen LogP) is 5.23. The van der Waals surface area contributed by atoms with Crippen LogP contribution in [-0.4, -0.2) is 31.7 Å². The van der Waals surface area contributed by atoms with Gasteiger partial charge in [-0.25, -0.2) is 0 Å². The van der Waals surface area contributed by atoms with E-state index >= 15 is 0 Å². The van der Waals surface area contributed by atoms with E-state index < -0.39 is 7.15 Å². The Bertz CT molecular complexity index is 222. The lowest BCUT2D eigenvalue weighted by atomic mass is 9.84. The first-order chi connectivity index (χ1) is 9.70. The standard InChI is InChI=1S/C10H20ClNO2.2CH3Cl.CH3F.H2/c1-7(2)6-8(12-14-11)9(13)10(3,4)5;3*1-2;/h7-8,12H,6H2,1-5H3;3*1H3;1H/t8-;;;;/m0..../s1/i;;;1D;1+1. The van der Waals surface area contributed by atoms with E-state index in [1.165, 1.54) is 12.8 Å². The average Bonchev–Trinajstić information content (AvgIpc) is 2.41. The molecule has 0 aliphatic carbocycles. The number of halogens is 4. The Morgan fingerprint density at radius 1 is 1.35 bits per heavy atom. The highest BCUT2D eigenvalue weighted by Gasteiger charge is 2.30. The van der Waals surface area contributed by atoms with Crippen molar-refractivity contribution in [2.24, 2.45) is 11.3 Å². The van der Waals surface area contributed by atoms with Gasteiger partial charge in [0.05, 0.1) is 26.4 Å². The summed E-state index contributed by atoms with van der Waals surface area (Å²) in [5.41, 5.74) is 2.16. The molecule has 0 aliphatic rings. The van der Waals surface area contributed by atoms with E-state index in [-0.39, 0.29) is 18.7 Å². The topological polar surface area (TPSA) is 38.3 Å². The maximum absolute atomic E-state index is 11.9. The minimum Gasteiger partial charge on any atom is -0.297 e. The fraction of sp³-hybridized carbons (Fsp3) is 0.923. The molecule has 128 valence electrons. The van der Waals surface area contributed by atoms with Crippen LogP contribution in [0.2, 0.25) is 0 Å². The first kappa shape index (κ1) is 25.3. The Morgan fingerprint density at radius 3 is 1.90 bits per heavy atom. The third-order valence-electron chi connectivity index (χ3n) is 1.95. The van der Waals surface area contributed by atoms with Crippen LogP contribution in [0.4, 0.5) is 4.39 Å². The van der Waals surface area contributed by atoms with E-state index in [1.807, 2.05) is 20.8 Å². The van der Waals surface area contributed by atoms with Gasteiger partial charge < -0.3 is 0 Å². The Kier molecular flexibility index (Phi) is 24.6. The summed E-state index contributed by atoms with van der Waals surface area (Å²) in [7, 11) is -1.00. The minimum absolute atomic E-state index is 0. The van der Waals surface area contributed by atoms with Crippen molar-refractivity contribution < 1.29 is 16.4 Å². The summed E-state index contributed by atoms with van der Waals surface area (Å²) in [5.74, 6) is 0.539. The Labute approximate surface area is 141 Å². The van der Waals surface area contributed by atoms with Gasteiger partial charge in [-0.1, -0.05) is 34.6 Å². The van der Waals surface area contributed by atoms with Gasteiger partial charge in [0.2, 0.25) is 0 Å². The van der Waals surface area contributed by atoms with Crippen molar-refractivity contribution in [1.29, 1.82) is 0 Å². The van der Waals surface area contributed by atoms with Crippen molar-refractivity contribution >= 4 is 40.9 Å². The lowest BCUT2D eigenvalue weighted by Gasteiger charge is -2.25. The number of carbonyl (C=O) groups is 1. The molecule has 0 rings (SSSR count). The molecule has 0 heterocycles. The molecule has 0 unspecified atom stereocenters. The number of ketones is 1. The average molecular weight is 361 g/mol. The summed E-state index contributed by atoms with van der Waals surface area (Å²) >= 11 is 14.4. The van der Waals surface area contributed by atoms with Crippen LogP contribution in [0.1, 0.15) is 43.8 Å². The molecule has 0 aromatic heterocycles. The molecule has 0 radical (unpaired) electrons. The number of hydrogen-bond acceptors (Lipinski definition) is 3. The smallest absolute Gasteiger partial charge is 0.157 e. The van der Waals surface area contributed by atoms with Gasteiger partial charge in [0.25, 0.3) is 0 Å². The van der Waals surface area contributed by atoms with Crippen molar-refractivity contribution in [3.05, 3.63) is 0 Å². The molecule has 20 heavy (non-hydrogen) atoms. The van der Waals surface area contributed by atoms with E-state index in [0.717, 1.165) is 6.42 Å². The lowest BCUT2D eigenvalue weighted by Crippen LogP contribution is -2.42. The minimum atomic E-state index is -1.00. The third kappa shape index (κ3) is 18.4. The van der Waals surface area contributed by atoms with Gasteiger partial charge in [-0.2, -0.15) is 9.87 Å². The molecule has 0 saturated heterocycles. The molecule has 0 aromatic carbocycles. The Balaban J connectivity index is -0.000000104. The van der Waals surface area contributed by atoms with Crippen LogP contribution in [0, 0.1) is 11.3 Å². The van der Waals surface area contributed by atoms with Gasteiger partial charge in [-0.05, 0) is 12.3 Å². The van der Waals surface area contributed by atoms with Crippen LogP contribution < -0.4 is 5.48 Å². The van der Waals surface area contributed by atoms with Crippen LogP contribution in [0.15, 0.2) is 0 Å². The van der Waals surface area contributed by atoms with Crippen molar-refractivity contribution in [2.45, 2.75) is 47.1 Å². The van der Waals surface area contributed by atoms with Gasteiger partial charge in [0.1, 0.15) is 0 Å². The van der Waals surface area contributed by atoms with E-state index in [1.54, 1.807) is 0 Å². The van der Waals surface area contributed by atoms with E-state index in [9.17, 15) is 9.18 Å². The number of rotatable bonds is 5. The maximum atomic E-state index is 11.9. The van der Waals surface area contributed by atoms with Crippen molar-refractivity contribution in [3.8, 4) is 0 Å². The zero-order valence-corrected chi connectivity index (χ0v) is 15.7. The van der Waals surface area contributed by atoms with E-state index in [4.69, 9.17) is 13.2 Å². The van der Waals surface area contributed by atoms with Gasteiger partial charge in [-0.3, -0.25) is 9.18 Å². The molecule has 0 bridgehead atoms. The molecule has 1 atom stereocenters. The monoisotopic (exact) mass is 359 g/mol. The SMILES string of the molecule is CC(C)C[C@H](NOCl)C(=O)C(C)(C)C.CCl.CCl.[2HH].[2H]CF. The number of nitrogens with one attached hydrogen (secondary N) is 1. The number of alkyl halides is 3. The predicted molar refractivity (Wildman–Crippen MR) is 90.5 cm³/mol. The second-order valence-corrected chi connectivity index (χ2v) is 5.15. The van der Waals surface area contributed by atoms with Gasteiger partial charge in [0.15, 0.2) is 5.78 Å². The molecular formula is C13H31Cl3FNO2. The molecule has 3 nitrogen and oxygen atoms in total. The second-order valence-electron chi connectivity index (χ2n) is 4.99. The zero-order chi connectivity index (χ0) is 18.1. The Hall–Kier alpha value is 0.390. The van der Waals surface area contributed by atoms with Crippen LogP contribution in [0.25, 0.3) is 0 Å². The Morgan fingerprint density at radius 2 is 1.70 bits per heavy atom. The molecule has 0 saturated carbocycles. The highest BCUT2D eigenvalue weighted by atomic mass is 35.5. The molecule has 0 aromatic rings. The van der Waals surface area contributed by atoms with Gasteiger partial charge in [0, 0.05) is 19.6 Å². The first-order valence-corrected chi connectivity index (χ1v) is 7.70. The van der Waals surface area contributed by atoms with E-state index in [2.05, 4.69) is 46.9 Å². The fourth-order valence-electron chi connectivity index (χ4n) is 1.26. The zero-order valence-electron chi connectivity index (χ0n) is 14.4. The number of hydrogen-bond donors (Lipinski definition) is 1. The molecule has 0 fully saturated rings. The summed E-state index contributed by atoms with van der Waals surface area (Å²) in [4.78, 5) is 11.9. The normalized spacial score (nSPS) is 11.7. The molecule has 1 N–H and O–H groups in total. The molecule has 0 amide bonds. The van der Waals surface area contributed by atoms with Crippen LogP contribution >= 0.6 is 35.1 Å². The summed E-state index contributed by atoms with van der Waals surface area (Å²) < 4.78 is 19.8. The fourth-order valence-corrected chi connectivity index (χ4v) is 1.36. The number of Topliss-reactive ketones (excluding diaryl/α,β-unsaturated/α-hetero) is 1. The quantitative estimate of drug-likeness (QED) is 0.538. The summed E-state index contributed by atoms with van der Waals surface area (Å²) in [6, 6.07) is -0.326. The molecular weight excluding hydrogens is 328 g/mol. The number of hydroxylamine groups is 1. The van der Waals surface area contributed by atoms with Crippen molar-refractivity contribution in [1.82, 2.24) is 5.48 Å².